The van der Waals surface area contributed by atoms with Gasteiger partial charge in [0.2, 0.25) is 0 Å². The fraction of sp³-hybridized carbons (Fsp3) is 0.0769. The molecule has 0 aliphatic rings. The van der Waals surface area contributed by atoms with Crippen LogP contribution in [0, 0.1) is 0 Å². The van der Waals surface area contributed by atoms with Crippen LogP contribution in [0.15, 0.2) is 60.0 Å². The van der Waals surface area contributed by atoms with E-state index in [0.29, 0.717) is 0 Å². The lowest BCUT2D eigenvalue weighted by Gasteiger charge is -1.86. The lowest BCUT2D eigenvalue weighted by Crippen LogP contribution is -1.64. The van der Waals surface area contributed by atoms with Crippen molar-refractivity contribution in [2.75, 3.05) is 0 Å². The highest BCUT2D eigenvalue weighted by Crippen LogP contribution is 2.00. The molecule has 1 rings (SSSR count). The molecule has 0 N–H and O–H groups in total. The molecular formula is C13H13Cl. The van der Waals surface area contributed by atoms with Gasteiger partial charge in [-0.25, -0.2) is 0 Å². The Balaban J connectivity index is 0.000000292. The number of halogens is 1. The topological polar surface area (TPSA) is 0 Å². The minimum absolute atomic E-state index is 1.13. The van der Waals surface area contributed by atoms with Crippen LogP contribution in [-0.2, 0) is 0 Å². The summed E-state index contributed by atoms with van der Waals surface area (Å²) < 4.78 is 0. The molecule has 0 fully saturated rings. The highest BCUT2D eigenvalue weighted by molar-refractivity contribution is 6.27. The van der Waals surface area contributed by atoms with Gasteiger partial charge in [0.15, 0.2) is 0 Å². The van der Waals surface area contributed by atoms with Crippen molar-refractivity contribution in [1.29, 1.82) is 0 Å². The van der Waals surface area contributed by atoms with E-state index in [1.807, 2.05) is 43.3 Å². The highest BCUT2D eigenvalue weighted by atomic mass is 35.5. The smallest absolute Gasteiger partial charge is 0.00484 e. The number of hydrogen-bond acceptors (Lipinski definition) is 0. The quantitative estimate of drug-likeness (QED) is 0.595. The second kappa shape index (κ2) is 9.64. The van der Waals surface area contributed by atoms with Crippen molar-refractivity contribution in [2.24, 2.45) is 0 Å². The standard InChI is InChI=1S/C8H7Cl.C5H6/c9-7-6-8-4-2-1-3-5-8;1-3-5-4-2/h1-7H;4H,1H2,2H3. The van der Waals surface area contributed by atoms with Crippen molar-refractivity contribution in [3.8, 4) is 0 Å². The minimum atomic E-state index is 1.13. The largest absolute Gasteiger partial charge is 0.0929 e. The molecule has 1 heteroatoms. The molecule has 0 bridgehead atoms. The lowest BCUT2D eigenvalue weighted by molar-refractivity contribution is 1.66. The normalized spacial score (nSPS) is 8.14. The van der Waals surface area contributed by atoms with Gasteiger partial charge in [-0.15, -0.1) is 0 Å². The van der Waals surface area contributed by atoms with Crippen molar-refractivity contribution < 1.29 is 0 Å². The summed E-state index contributed by atoms with van der Waals surface area (Å²) in [6.45, 7) is 5.16. The van der Waals surface area contributed by atoms with Crippen molar-refractivity contribution in [1.82, 2.24) is 0 Å². The van der Waals surface area contributed by atoms with Crippen LogP contribution in [-0.4, -0.2) is 0 Å². The van der Waals surface area contributed by atoms with Crippen molar-refractivity contribution in [3.63, 3.8) is 0 Å². The zero-order valence-electron chi connectivity index (χ0n) is 8.20. The van der Waals surface area contributed by atoms with E-state index in [1.165, 1.54) is 5.54 Å². The Kier molecular flexibility index (Phi) is 8.64. The number of benzene rings is 1. The van der Waals surface area contributed by atoms with Crippen LogP contribution < -0.4 is 0 Å². The molecule has 0 aliphatic heterocycles. The molecule has 0 atom stereocenters. The van der Waals surface area contributed by atoms with Crippen molar-refractivity contribution >= 4 is 17.7 Å². The fourth-order valence-electron chi connectivity index (χ4n) is 0.739. The van der Waals surface area contributed by atoms with E-state index in [0.717, 1.165) is 5.56 Å². The highest BCUT2D eigenvalue weighted by Gasteiger charge is 1.78. The summed E-state index contributed by atoms with van der Waals surface area (Å²) >= 11 is 5.36. The summed E-state index contributed by atoms with van der Waals surface area (Å²) in [6.07, 6.45) is 3.61. The molecule has 1 aromatic carbocycles. The summed E-state index contributed by atoms with van der Waals surface area (Å²) in [6, 6.07) is 9.93. The molecule has 14 heavy (non-hydrogen) atoms. The lowest BCUT2D eigenvalue weighted by atomic mass is 10.2. The number of hydrogen-bond donors (Lipinski definition) is 0. The molecule has 72 valence electrons. The Morgan fingerprint density at radius 3 is 2.29 bits per heavy atom. The average Bonchev–Trinajstić information content (AvgIpc) is 2.22. The molecule has 0 saturated heterocycles. The van der Waals surface area contributed by atoms with Crippen LogP contribution in [0.25, 0.3) is 6.08 Å². The van der Waals surface area contributed by atoms with E-state index in [9.17, 15) is 0 Å². The van der Waals surface area contributed by atoms with Crippen LogP contribution in [0.3, 0.4) is 0 Å². The second-order valence-corrected chi connectivity index (χ2v) is 2.57. The van der Waals surface area contributed by atoms with Gasteiger partial charge in [0, 0.05) is 5.54 Å². The van der Waals surface area contributed by atoms with E-state index in [4.69, 9.17) is 11.6 Å². The monoisotopic (exact) mass is 204 g/mol. The maximum atomic E-state index is 5.36. The third-order valence-corrected chi connectivity index (χ3v) is 1.43. The third kappa shape index (κ3) is 7.21. The Bertz CT molecular complexity index is 337. The van der Waals surface area contributed by atoms with Crippen molar-refractivity contribution in [2.45, 2.75) is 6.92 Å². The third-order valence-electron chi connectivity index (χ3n) is 1.30. The molecule has 0 heterocycles. The van der Waals surface area contributed by atoms with Gasteiger partial charge in [0.1, 0.15) is 0 Å². The SMILES string of the molecule is C=C=C=CC.ClC=Cc1ccccc1. The Hall–Kier alpha value is -1.45. The maximum Gasteiger partial charge on any atom is 0.00484 e. The van der Waals surface area contributed by atoms with Gasteiger partial charge >= 0.3 is 0 Å². The minimum Gasteiger partial charge on any atom is -0.0929 e. The van der Waals surface area contributed by atoms with Crippen LogP contribution in [0.1, 0.15) is 12.5 Å². The molecule has 0 amide bonds. The average molecular weight is 205 g/mol. The van der Waals surface area contributed by atoms with Gasteiger partial charge < -0.3 is 0 Å². The van der Waals surface area contributed by atoms with E-state index < -0.39 is 0 Å². The molecule has 0 saturated carbocycles. The Morgan fingerprint density at radius 2 is 1.93 bits per heavy atom. The number of rotatable bonds is 1. The molecular weight excluding hydrogens is 192 g/mol. The predicted octanol–water partition coefficient (Wildman–Crippen LogP) is 4.40. The van der Waals surface area contributed by atoms with E-state index in [2.05, 4.69) is 18.0 Å². The van der Waals surface area contributed by atoms with E-state index in [-0.39, 0.29) is 0 Å². The van der Waals surface area contributed by atoms with Gasteiger partial charge in [-0.3, -0.25) is 0 Å². The van der Waals surface area contributed by atoms with Gasteiger partial charge in [0.25, 0.3) is 0 Å². The van der Waals surface area contributed by atoms with Crippen LogP contribution in [0.5, 0.6) is 0 Å². The van der Waals surface area contributed by atoms with E-state index >= 15 is 0 Å². The van der Waals surface area contributed by atoms with Gasteiger partial charge in [-0.2, -0.15) is 0 Å². The van der Waals surface area contributed by atoms with Crippen molar-refractivity contribution in [3.05, 3.63) is 65.5 Å². The molecule has 1 aromatic rings. The van der Waals surface area contributed by atoms with Gasteiger partial charge in [-0.1, -0.05) is 53.4 Å². The first-order valence-electron chi connectivity index (χ1n) is 4.22. The summed E-state index contributed by atoms with van der Waals surface area (Å²) in [4.78, 5) is 0. The van der Waals surface area contributed by atoms with Crippen LogP contribution in [0.2, 0.25) is 0 Å². The summed E-state index contributed by atoms with van der Waals surface area (Å²) in [5, 5.41) is 0. The zero-order chi connectivity index (χ0) is 10.6. The summed E-state index contributed by atoms with van der Waals surface area (Å²) in [5.74, 6) is 0. The first-order chi connectivity index (χ1) is 6.85. The maximum absolute atomic E-state index is 5.36. The summed E-state index contributed by atoms with van der Waals surface area (Å²) in [5.41, 5.74) is 7.73. The predicted molar refractivity (Wildman–Crippen MR) is 64.2 cm³/mol. The molecule has 0 radical (unpaired) electrons. The van der Waals surface area contributed by atoms with Crippen LogP contribution in [0.4, 0.5) is 0 Å². The molecule has 0 aromatic heterocycles. The molecule has 0 nitrogen and oxygen atoms in total. The number of allylic oxidation sites excluding steroid dienone is 1. The van der Waals surface area contributed by atoms with E-state index in [1.54, 1.807) is 6.08 Å². The zero-order valence-corrected chi connectivity index (χ0v) is 8.96. The molecule has 0 aliphatic carbocycles. The summed E-state index contributed by atoms with van der Waals surface area (Å²) in [7, 11) is 0. The van der Waals surface area contributed by atoms with Gasteiger partial charge in [-0.05, 0) is 31.2 Å². The Morgan fingerprint density at radius 1 is 1.29 bits per heavy atom. The first kappa shape index (κ1) is 12.6. The second-order valence-electron chi connectivity index (χ2n) is 2.31. The Labute approximate surface area is 90.5 Å². The molecule has 0 unspecified atom stereocenters. The molecule has 0 spiro atoms. The first-order valence-corrected chi connectivity index (χ1v) is 4.66. The van der Waals surface area contributed by atoms with Crippen LogP contribution >= 0.6 is 11.6 Å². The van der Waals surface area contributed by atoms with Gasteiger partial charge in [0.05, 0.1) is 0 Å². The fourth-order valence-corrected chi connectivity index (χ4v) is 0.884.